The summed E-state index contributed by atoms with van der Waals surface area (Å²) in [6.07, 6.45) is 1.36. The number of benzene rings is 3. The van der Waals surface area contributed by atoms with Crippen molar-refractivity contribution >= 4 is 40.9 Å². The first kappa shape index (κ1) is 25.3. The van der Waals surface area contributed by atoms with Gasteiger partial charge in [-0.1, -0.05) is 23.7 Å². The second-order valence-corrected chi connectivity index (χ2v) is 8.06. The highest BCUT2D eigenvalue weighted by Crippen LogP contribution is 2.26. The number of halogens is 1. The Labute approximate surface area is 208 Å². The van der Waals surface area contributed by atoms with E-state index in [2.05, 4.69) is 10.6 Å². The fourth-order valence-corrected chi connectivity index (χ4v) is 3.34. The lowest BCUT2D eigenvalue weighted by molar-refractivity contribution is -0.118. The van der Waals surface area contributed by atoms with Gasteiger partial charge in [-0.3, -0.25) is 9.59 Å². The molecular weight excluding hydrogens is 466 g/mol. The molecule has 3 aromatic carbocycles. The molecule has 0 aliphatic carbocycles. The van der Waals surface area contributed by atoms with E-state index in [1.165, 1.54) is 6.08 Å². The normalized spacial score (nSPS) is 10.8. The summed E-state index contributed by atoms with van der Waals surface area (Å²) < 4.78 is 10.8. The van der Waals surface area contributed by atoms with Crippen molar-refractivity contribution in [3.8, 4) is 17.6 Å². The van der Waals surface area contributed by atoms with E-state index in [4.69, 9.17) is 21.1 Å². The molecule has 3 aromatic rings. The highest BCUT2D eigenvalue weighted by atomic mass is 35.5. The fourth-order valence-electron chi connectivity index (χ4n) is 3.16. The molecule has 7 nitrogen and oxygen atoms in total. The quantitative estimate of drug-likeness (QED) is 0.320. The summed E-state index contributed by atoms with van der Waals surface area (Å²) in [6.45, 7) is 3.62. The lowest BCUT2D eigenvalue weighted by Crippen LogP contribution is -2.21. The van der Waals surface area contributed by atoms with Gasteiger partial charge in [0.25, 0.3) is 11.8 Å². The Balaban J connectivity index is 1.74. The average molecular weight is 490 g/mol. The molecule has 0 unspecified atom stereocenters. The highest BCUT2D eigenvalue weighted by Gasteiger charge is 2.14. The smallest absolute Gasteiger partial charge is 0.266 e. The van der Waals surface area contributed by atoms with E-state index in [-0.39, 0.29) is 18.1 Å². The zero-order valence-corrected chi connectivity index (χ0v) is 20.3. The summed E-state index contributed by atoms with van der Waals surface area (Å²) in [5.74, 6) is -0.00512. The number of rotatable bonds is 8. The molecule has 0 spiro atoms. The van der Waals surface area contributed by atoms with Crippen molar-refractivity contribution in [2.45, 2.75) is 13.8 Å². The topological polar surface area (TPSA) is 100 Å². The molecule has 3 rings (SSSR count). The molecule has 0 aliphatic rings. The monoisotopic (exact) mass is 489 g/mol. The number of anilines is 2. The van der Waals surface area contributed by atoms with Gasteiger partial charge in [-0.05, 0) is 79.6 Å². The van der Waals surface area contributed by atoms with Crippen molar-refractivity contribution in [2.24, 2.45) is 0 Å². The van der Waals surface area contributed by atoms with E-state index in [9.17, 15) is 14.9 Å². The minimum Gasteiger partial charge on any atom is -0.497 e. The van der Waals surface area contributed by atoms with Crippen LogP contribution in [-0.2, 0) is 9.59 Å². The van der Waals surface area contributed by atoms with Gasteiger partial charge in [0.15, 0.2) is 6.61 Å². The van der Waals surface area contributed by atoms with E-state index >= 15 is 0 Å². The van der Waals surface area contributed by atoms with Crippen molar-refractivity contribution in [1.82, 2.24) is 0 Å². The first-order valence-corrected chi connectivity index (χ1v) is 11.0. The maximum absolute atomic E-state index is 12.7. The van der Waals surface area contributed by atoms with Crippen molar-refractivity contribution in [1.29, 1.82) is 5.26 Å². The van der Waals surface area contributed by atoms with Gasteiger partial charge < -0.3 is 20.1 Å². The molecule has 0 fully saturated rings. The Hall–Kier alpha value is -4.28. The number of methoxy groups -OCH3 is 1. The molecule has 0 aromatic heterocycles. The second-order valence-electron chi connectivity index (χ2n) is 7.62. The first-order valence-electron chi connectivity index (χ1n) is 10.7. The summed E-state index contributed by atoms with van der Waals surface area (Å²) in [7, 11) is 1.54. The Kier molecular flexibility index (Phi) is 8.49. The van der Waals surface area contributed by atoms with Gasteiger partial charge in [-0.25, -0.2) is 0 Å². The summed E-state index contributed by atoms with van der Waals surface area (Å²) in [5.41, 5.74) is 3.47. The third-order valence-corrected chi connectivity index (χ3v) is 5.46. The van der Waals surface area contributed by atoms with Gasteiger partial charge in [0, 0.05) is 22.0 Å². The van der Waals surface area contributed by atoms with E-state index in [1.54, 1.807) is 49.6 Å². The van der Waals surface area contributed by atoms with Gasteiger partial charge in [0.05, 0.1) is 7.11 Å². The van der Waals surface area contributed by atoms with Gasteiger partial charge in [-0.2, -0.15) is 5.26 Å². The molecule has 2 amide bonds. The first-order chi connectivity index (χ1) is 16.8. The predicted molar refractivity (Wildman–Crippen MR) is 137 cm³/mol. The van der Waals surface area contributed by atoms with E-state index < -0.39 is 5.91 Å². The zero-order valence-electron chi connectivity index (χ0n) is 19.5. The predicted octanol–water partition coefficient (Wildman–Crippen LogP) is 5.53. The van der Waals surface area contributed by atoms with Crippen LogP contribution in [0.4, 0.5) is 11.4 Å². The fraction of sp³-hybridized carbons (Fsp3) is 0.148. The van der Waals surface area contributed by atoms with E-state index in [1.807, 2.05) is 38.1 Å². The number of nitrogens with zero attached hydrogens (tertiary/aromatic N) is 1. The van der Waals surface area contributed by atoms with Crippen molar-refractivity contribution in [3.05, 3.63) is 87.9 Å². The second kappa shape index (κ2) is 11.7. The Morgan fingerprint density at radius 3 is 2.49 bits per heavy atom. The van der Waals surface area contributed by atoms with Crippen molar-refractivity contribution < 1.29 is 19.1 Å². The average Bonchev–Trinajstić information content (AvgIpc) is 2.85. The molecule has 2 N–H and O–H groups in total. The lowest BCUT2D eigenvalue weighted by atomic mass is 10.1. The lowest BCUT2D eigenvalue weighted by Gasteiger charge is -2.13. The molecule has 35 heavy (non-hydrogen) atoms. The molecule has 0 heterocycles. The third kappa shape index (κ3) is 6.85. The molecule has 0 radical (unpaired) electrons. The molecule has 0 bridgehead atoms. The van der Waals surface area contributed by atoms with Gasteiger partial charge in [0.2, 0.25) is 0 Å². The molecule has 0 saturated heterocycles. The van der Waals surface area contributed by atoms with Crippen LogP contribution in [0.3, 0.4) is 0 Å². The Morgan fingerprint density at radius 1 is 1.06 bits per heavy atom. The summed E-state index contributed by atoms with van der Waals surface area (Å²) in [4.78, 5) is 25.1. The number of carbonyl (C=O) groups is 2. The minimum atomic E-state index is -0.601. The van der Waals surface area contributed by atoms with Gasteiger partial charge in [0.1, 0.15) is 23.1 Å². The van der Waals surface area contributed by atoms with Gasteiger partial charge in [-0.15, -0.1) is 0 Å². The number of nitrogens with one attached hydrogen (secondary N) is 2. The van der Waals surface area contributed by atoms with Crippen LogP contribution < -0.4 is 20.1 Å². The van der Waals surface area contributed by atoms with Crippen LogP contribution >= 0.6 is 11.6 Å². The minimum absolute atomic E-state index is 0.159. The number of hydrogen-bond acceptors (Lipinski definition) is 5. The van der Waals surface area contributed by atoms with Crippen LogP contribution in [0.5, 0.6) is 11.5 Å². The van der Waals surface area contributed by atoms with Gasteiger partial charge >= 0.3 is 0 Å². The summed E-state index contributed by atoms with van der Waals surface area (Å²) in [5, 5.41) is 15.4. The van der Waals surface area contributed by atoms with Crippen LogP contribution in [0, 0.1) is 25.2 Å². The maximum Gasteiger partial charge on any atom is 0.266 e. The number of aryl methyl sites for hydroxylation is 1. The number of ether oxygens (including phenoxy) is 2. The van der Waals surface area contributed by atoms with Crippen LogP contribution in [-0.4, -0.2) is 25.5 Å². The number of amides is 2. The zero-order chi connectivity index (χ0) is 25.4. The van der Waals surface area contributed by atoms with Crippen LogP contribution in [0.2, 0.25) is 5.02 Å². The van der Waals surface area contributed by atoms with Crippen LogP contribution in [0.15, 0.2) is 66.2 Å². The molecule has 0 atom stereocenters. The number of nitriles is 1. The molecule has 178 valence electrons. The molecule has 0 aliphatic heterocycles. The summed E-state index contributed by atoms with van der Waals surface area (Å²) in [6, 6.07) is 19.0. The number of hydrogen-bond donors (Lipinski definition) is 2. The molecule has 0 saturated carbocycles. The standard InChI is InChI=1S/C27H24ClN3O4/c1-17-5-4-6-24(18(17)2)31-26(32)16-35-25-12-7-21(28)14-19(25)13-20(15-29)27(33)30-22-8-10-23(34-3)11-9-22/h4-14H,16H2,1-3H3,(H,30,33)(H,31,32)/b20-13-. The Morgan fingerprint density at radius 2 is 1.80 bits per heavy atom. The van der Waals surface area contributed by atoms with E-state index in [0.717, 1.165) is 11.1 Å². The SMILES string of the molecule is COc1ccc(NC(=O)/C(C#N)=C\c2cc(Cl)ccc2OCC(=O)Nc2cccc(C)c2C)cc1. The highest BCUT2D eigenvalue weighted by molar-refractivity contribution is 6.30. The maximum atomic E-state index is 12.7. The van der Waals surface area contributed by atoms with Crippen LogP contribution in [0.1, 0.15) is 16.7 Å². The number of carbonyl (C=O) groups excluding carboxylic acids is 2. The van der Waals surface area contributed by atoms with E-state index in [0.29, 0.717) is 33.5 Å². The molecule has 8 heteroatoms. The largest absolute Gasteiger partial charge is 0.497 e. The third-order valence-electron chi connectivity index (χ3n) is 5.22. The van der Waals surface area contributed by atoms with Crippen molar-refractivity contribution in [3.63, 3.8) is 0 Å². The Bertz CT molecular complexity index is 1310. The van der Waals surface area contributed by atoms with Crippen LogP contribution in [0.25, 0.3) is 6.08 Å². The summed E-state index contributed by atoms with van der Waals surface area (Å²) >= 11 is 6.12. The molecular formula is C27H24ClN3O4. The van der Waals surface area contributed by atoms with Crippen molar-refractivity contribution in [2.75, 3.05) is 24.4 Å².